The van der Waals surface area contributed by atoms with Gasteiger partial charge in [-0.25, -0.2) is 0 Å². The van der Waals surface area contributed by atoms with Gasteiger partial charge in [0.15, 0.2) is 0 Å². The van der Waals surface area contributed by atoms with Crippen LogP contribution in [0.25, 0.3) is 55.0 Å². The van der Waals surface area contributed by atoms with Crippen LogP contribution in [0.1, 0.15) is 0 Å². The molecule has 0 amide bonds. The maximum absolute atomic E-state index is 14.7. The molecule has 0 bridgehead atoms. The fraction of sp³-hybridized carbons (Fsp3) is 0. The van der Waals surface area contributed by atoms with Gasteiger partial charge in [0.1, 0.15) is 0 Å². The Morgan fingerprint density at radius 2 is 0.662 bits per heavy atom. The summed E-state index contributed by atoms with van der Waals surface area (Å²) >= 11 is -3.63. The summed E-state index contributed by atoms with van der Waals surface area (Å²) in [6.07, 6.45) is 0. The molecule has 0 atom stereocenters. The summed E-state index contributed by atoms with van der Waals surface area (Å²) in [5.74, 6) is -0.270. The summed E-state index contributed by atoms with van der Waals surface area (Å²) in [6, 6.07) is 91.0. The SMILES string of the molecule is Fc1ccc(N(c2ccc3c(c2)c2ccccc2n3-c2ccccc2)c2ccc3c(c2)c2c[c]([Ge]([c]4ccccc4)([c]4ccccc4)[c]4ccccc4)ccc2n3-c2ccccc2)cc1. The molecule has 2 heterocycles. The molecule has 0 radical (unpaired) electrons. The van der Waals surface area contributed by atoms with Crippen LogP contribution in [0.2, 0.25) is 0 Å². The molecule has 0 fully saturated rings. The van der Waals surface area contributed by atoms with Crippen molar-refractivity contribution in [3.8, 4) is 11.4 Å². The van der Waals surface area contributed by atoms with Crippen molar-refractivity contribution in [2.75, 3.05) is 4.90 Å². The van der Waals surface area contributed by atoms with Gasteiger partial charge in [0.25, 0.3) is 0 Å². The number of anilines is 3. The topological polar surface area (TPSA) is 13.1 Å². The molecule has 12 rings (SSSR count). The van der Waals surface area contributed by atoms with Gasteiger partial charge in [0.05, 0.1) is 0 Å². The van der Waals surface area contributed by atoms with E-state index in [0.29, 0.717) is 0 Å². The first kappa shape index (κ1) is 38.7. The molecule has 308 valence electrons. The Balaban J connectivity index is 1.13. The van der Waals surface area contributed by atoms with Gasteiger partial charge >= 0.3 is 328 Å². The van der Waals surface area contributed by atoms with E-state index in [0.717, 1.165) is 61.3 Å². The molecule has 0 aliphatic carbocycles. The number of hydrogen-bond acceptors (Lipinski definition) is 1. The van der Waals surface area contributed by atoms with Gasteiger partial charge in [-0.3, -0.25) is 0 Å². The normalized spacial score (nSPS) is 11.8. The molecule has 0 N–H and O–H groups in total. The molecule has 10 aromatic carbocycles. The molecule has 0 aliphatic rings. The zero-order valence-corrected chi connectivity index (χ0v) is 37.6. The molecular formula is C60H42FGeN3. The van der Waals surface area contributed by atoms with Crippen LogP contribution in [0.5, 0.6) is 0 Å². The number of benzene rings is 10. The van der Waals surface area contributed by atoms with E-state index >= 15 is 0 Å². The quantitative estimate of drug-likeness (QED) is 0.132. The van der Waals surface area contributed by atoms with Gasteiger partial charge in [-0.1, -0.05) is 30.3 Å². The molecule has 12 aromatic rings. The molecule has 5 heteroatoms. The second-order valence-corrected chi connectivity index (χ2v) is 24.6. The summed E-state index contributed by atoms with van der Waals surface area (Å²) in [5.41, 5.74) is 9.58. The second-order valence-electron chi connectivity index (χ2n) is 16.7. The van der Waals surface area contributed by atoms with Crippen molar-refractivity contribution in [3.05, 3.63) is 261 Å². The Morgan fingerprint density at radius 1 is 0.292 bits per heavy atom. The predicted octanol–water partition coefficient (Wildman–Crippen LogP) is 12.9. The standard InChI is InChI=1S/C60H42FGeN3/c61-43-30-33-50(34-31-43)63(51-35-38-59-55(41-51)53-28-16-17-29-57(53)64(59)48-24-12-4-13-25-48)52-36-39-60-56(42-52)54-40-47(32-37-58(54)65(60)49-26-14-5-15-27-49)62(44-18-6-1-7-19-44,45-20-8-2-9-21-45)46-22-10-3-11-23-46/h1-42H. The van der Waals surface area contributed by atoms with E-state index in [1.165, 1.54) is 28.4 Å². The summed E-state index contributed by atoms with van der Waals surface area (Å²) in [7, 11) is 0. The zero-order valence-electron chi connectivity index (χ0n) is 35.5. The van der Waals surface area contributed by atoms with Crippen molar-refractivity contribution in [2.45, 2.75) is 0 Å². The van der Waals surface area contributed by atoms with Crippen molar-refractivity contribution < 1.29 is 4.39 Å². The van der Waals surface area contributed by atoms with Crippen LogP contribution in [0, 0.1) is 5.82 Å². The summed E-state index contributed by atoms with van der Waals surface area (Å²) in [6.45, 7) is 0. The fourth-order valence-corrected chi connectivity index (χ4v) is 20.3. The number of fused-ring (bicyclic) bond motifs is 6. The van der Waals surface area contributed by atoms with Crippen molar-refractivity contribution in [1.29, 1.82) is 0 Å². The van der Waals surface area contributed by atoms with Crippen LogP contribution in [-0.2, 0) is 0 Å². The first-order valence-corrected chi connectivity index (χ1v) is 26.3. The minimum absolute atomic E-state index is 0.270. The predicted molar refractivity (Wildman–Crippen MR) is 273 cm³/mol. The average Bonchev–Trinajstić information content (AvgIpc) is 3.88. The van der Waals surface area contributed by atoms with E-state index < -0.39 is 13.3 Å². The summed E-state index contributed by atoms with van der Waals surface area (Å²) in [4.78, 5) is 2.27. The number of halogens is 1. The number of nitrogens with zero attached hydrogens (tertiary/aromatic N) is 3. The van der Waals surface area contributed by atoms with Gasteiger partial charge in [-0.15, -0.1) is 0 Å². The van der Waals surface area contributed by atoms with Crippen molar-refractivity contribution in [1.82, 2.24) is 9.13 Å². The second kappa shape index (κ2) is 16.0. The summed E-state index contributed by atoms with van der Waals surface area (Å²) < 4.78 is 25.0. The molecule has 0 aliphatic heterocycles. The van der Waals surface area contributed by atoms with Gasteiger partial charge in [0.2, 0.25) is 0 Å². The number of hydrogen-bond donors (Lipinski definition) is 0. The monoisotopic (exact) mass is 897 g/mol. The van der Waals surface area contributed by atoms with E-state index in [4.69, 9.17) is 0 Å². The molecule has 0 saturated carbocycles. The van der Waals surface area contributed by atoms with Gasteiger partial charge in [-0.05, 0) is 18.2 Å². The number of para-hydroxylation sites is 3. The van der Waals surface area contributed by atoms with Crippen LogP contribution in [0.4, 0.5) is 21.5 Å². The maximum atomic E-state index is 14.7. The number of aromatic nitrogens is 2. The van der Waals surface area contributed by atoms with Crippen LogP contribution >= 0.6 is 0 Å². The Bertz CT molecular complexity index is 3550. The van der Waals surface area contributed by atoms with Gasteiger partial charge in [0, 0.05) is 5.69 Å². The van der Waals surface area contributed by atoms with E-state index in [1.807, 2.05) is 12.1 Å². The van der Waals surface area contributed by atoms with E-state index in [9.17, 15) is 4.39 Å². The Morgan fingerprint density at radius 3 is 1.15 bits per heavy atom. The minimum atomic E-state index is -3.63. The van der Waals surface area contributed by atoms with Crippen LogP contribution in [-0.4, -0.2) is 22.4 Å². The molecule has 2 aromatic heterocycles. The van der Waals surface area contributed by atoms with Gasteiger partial charge in [-0.2, -0.15) is 0 Å². The van der Waals surface area contributed by atoms with Crippen LogP contribution in [0.15, 0.2) is 255 Å². The fourth-order valence-electron chi connectivity index (χ4n) is 10.3. The van der Waals surface area contributed by atoms with Gasteiger partial charge < -0.3 is 0 Å². The first-order chi connectivity index (χ1) is 32.2. The van der Waals surface area contributed by atoms with Crippen molar-refractivity contribution in [3.63, 3.8) is 0 Å². The molecule has 0 saturated heterocycles. The van der Waals surface area contributed by atoms with Crippen LogP contribution in [0.3, 0.4) is 0 Å². The van der Waals surface area contributed by atoms with E-state index in [-0.39, 0.29) is 5.82 Å². The third-order valence-corrected chi connectivity index (χ3v) is 23.1. The van der Waals surface area contributed by atoms with Crippen LogP contribution < -0.4 is 22.5 Å². The summed E-state index contributed by atoms with van der Waals surface area (Å²) in [5, 5.41) is 4.64. The van der Waals surface area contributed by atoms with Crippen molar-refractivity contribution in [2.24, 2.45) is 0 Å². The molecule has 65 heavy (non-hydrogen) atoms. The Kier molecular flexibility index (Phi) is 9.54. The number of rotatable bonds is 9. The Hall–Kier alpha value is -7.93. The molecule has 3 nitrogen and oxygen atoms in total. The van der Waals surface area contributed by atoms with E-state index in [1.54, 1.807) is 12.1 Å². The average molecular weight is 897 g/mol. The molecular weight excluding hydrogens is 854 g/mol. The zero-order chi connectivity index (χ0) is 43.3. The van der Waals surface area contributed by atoms with E-state index in [2.05, 4.69) is 245 Å². The molecule has 0 spiro atoms. The third-order valence-electron chi connectivity index (χ3n) is 13.1. The Labute approximate surface area is 379 Å². The first-order valence-electron chi connectivity index (χ1n) is 22.1. The third kappa shape index (κ3) is 6.40. The molecule has 0 unspecified atom stereocenters. The van der Waals surface area contributed by atoms with Crippen molar-refractivity contribution >= 4 is 91.5 Å².